The zero-order chi connectivity index (χ0) is 11.4. The van der Waals surface area contributed by atoms with Gasteiger partial charge in [-0.25, -0.2) is 13.8 Å². The number of nitriles is 1. The van der Waals surface area contributed by atoms with Crippen LogP contribution in [-0.4, -0.2) is 16.1 Å². The van der Waals surface area contributed by atoms with Gasteiger partial charge >= 0.3 is 5.97 Å². The van der Waals surface area contributed by atoms with Crippen LogP contribution in [0.2, 0.25) is 0 Å². The molecular formula is C9H6F2N2O2. The van der Waals surface area contributed by atoms with Crippen molar-refractivity contribution in [3.05, 3.63) is 29.1 Å². The fourth-order valence-corrected chi connectivity index (χ4v) is 1.04. The van der Waals surface area contributed by atoms with Gasteiger partial charge in [0.1, 0.15) is 11.8 Å². The second-order valence-corrected chi connectivity index (χ2v) is 2.76. The molecular weight excluding hydrogens is 206 g/mol. The maximum absolute atomic E-state index is 12.3. The Hall–Kier alpha value is -2.03. The molecule has 0 fully saturated rings. The van der Waals surface area contributed by atoms with Crippen molar-refractivity contribution in [1.29, 1.82) is 5.26 Å². The van der Waals surface area contributed by atoms with Crippen molar-refractivity contribution >= 4 is 5.97 Å². The molecule has 0 aromatic carbocycles. The molecule has 0 amide bonds. The first-order chi connectivity index (χ1) is 7.02. The van der Waals surface area contributed by atoms with Crippen molar-refractivity contribution in [2.75, 3.05) is 0 Å². The largest absolute Gasteiger partial charge is 0.481 e. The first kappa shape index (κ1) is 11.0. The lowest BCUT2D eigenvalue weighted by Gasteiger charge is -2.02. The van der Waals surface area contributed by atoms with Gasteiger partial charge in [0.2, 0.25) is 0 Å². The number of carboxylic acids is 1. The van der Waals surface area contributed by atoms with Gasteiger partial charge in [-0.1, -0.05) is 0 Å². The maximum atomic E-state index is 12.3. The van der Waals surface area contributed by atoms with Gasteiger partial charge in [0.25, 0.3) is 6.43 Å². The summed E-state index contributed by atoms with van der Waals surface area (Å²) in [6, 6.07) is 3.52. The van der Waals surface area contributed by atoms with E-state index in [1.807, 2.05) is 0 Å². The van der Waals surface area contributed by atoms with Gasteiger partial charge in [0, 0.05) is 5.56 Å². The van der Waals surface area contributed by atoms with E-state index in [9.17, 15) is 13.6 Å². The number of halogens is 2. The van der Waals surface area contributed by atoms with E-state index >= 15 is 0 Å². The normalized spacial score (nSPS) is 10.0. The van der Waals surface area contributed by atoms with Crippen LogP contribution in [0.5, 0.6) is 0 Å². The highest BCUT2D eigenvalue weighted by Crippen LogP contribution is 2.20. The number of nitrogens with zero attached hydrogens (tertiary/aromatic N) is 2. The lowest BCUT2D eigenvalue weighted by Crippen LogP contribution is -2.04. The Kier molecular flexibility index (Phi) is 3.29. The van der Waals surface area contributed by atoms with Gasteiger partial charge < -0.3 is 5.11 Å². The van der Waals surface area contributed by atoms with E-state index in [1.165, 1.54) is 0 Å². The van der Waals surface area contributed by atoms with Crippen molar-refractivity contribution in [2.24, 2.45) is 0 Å². The van der Waals surface area contributed by atoms with Crippen LogP contribution >= 0.6 is 0 Å². The molecule has 1 N–H and O–H groups in total. The van der Waals surface area contributed by atoms with Gasteiger partial charge in [0.05, 0.1) is 12.1 Å². The molecule has 0 aliphatic rings. The Morgan fingerprint density at radius 3 is 2.73 bits per heavy atom. The zero-order valence-electron chi connectivity index (χ0n) is 7.44. The second-order valence-electron chi connectivity index (χ2n) is 2.76. The summed E-state index contributed by atoms with van der Waals surface area (Å²) in [7, 11) is 0. The summed E-state index contributed by atoms with van der Waals surface area (Å²) < 4.78 is 24.6. The van der Waals surface area contributed by atoms with E-state index < -0.39 is 24.4 Å². The molecule has 1 rings (SSSR count). The van der Waals surface area contributed by atoms with Crippen molar-refractivity contribution in [1.82, 2.24) is 4.98 Å². The number of hydrogen-bond donors (Lipinski definition) is 1. The minimum absolute atomic E-state index is 0.0446. The Bertz CT molecular complexity index is 427. The second kappa shape index (κ2) is 4.46. The molecule has 0 bridgehead atoms. The van der Waals surface area contributed by atoms with Crippen molar-refractivity contribution in [3.63, 3.8) is 0 Å². The average Bonchev–Trinajstić information content (AvgIpc) is 2.16. The molecule has 0 atom stereocenters. The lowest BCUT2D eigenvalue weighted by atomic mass is 10.1. The number of aliphatic carboxylic acids is 1. The minimum atomic E-state index is -2.74. The van der Waals surface area contributed by atoms with E-state index in [4.69, 9.17) is 10.4 Å². The predicted molar refractivity (Wildman–Crippen MR) is 45.2 cm³/mol. The molecule has 78 valence electrons. The van der Waals surface area contributed by atoms with E-state index in [2.05, 4.69) is 4.98 Å². The third kappa shape index (κ3) is 2.98. The summed E-state index contributed by atoms with van der Waals surface area (Å²) in [6.07, 6.45) is -3.22. The van der Waals surface area contributed by atoms with Crippen LogP contribution in [-0.2, 0) is 11.2 Å². The van der Waals surface area contributed by atoms with Crippen LogP contribution in [0.15, 0.2) is 12.1 Å². The molecule has 0 saturated carbocycles. The Balaban J connectivity index is 3.12. The van der Waals surface area contributed by atoms with Gasteiger partial charge in [-0.2, -0.15) is 5.26 Å². The van der Waals surface area contributed by atoms with Crippen molar-refractivity contribution in [3.8, 4) is 6.07 Å². The van der Waals surface area contributed by atoms with Crippen LogP contribution in [0.1, 0.15) is 23.4 Å². The molecule has 0 saturated heterocycles. The summed E-state index contributed by atoms with van der Waals surface area (Å²) in [5.74, 6) is -1.18. The molecule has 0 aliphatic heterocycles. The molecule has 0 unspecified atom stereocenters. The fourth-order valence-electron chi connectivity index (χ4n) is 1.04. The summed E-state index contributed by atoms with van der Waals surface area (Å²) in [5.41, 5.74) is -0.640. The van der Waals surface area contributed by atoms with Gasteiger partial charge in [-0.15, -0.1) is 0 Å². The van der Waals surface area contributed by atoms with Gasteiger partial charge in [0.15, 0.2) is 0 Å². The number of carboxylic acid groups (broad SMARTS) is 1. The van der Waals surface area contributed by atoms with Crippen LogP contribution in [0.25, 0.3) is 0 Å². The number of hydrogen-bond acceptors (Lipinski definition) is 3. The molecule has 0 radical (unpaired) electrons. The van der Waals surface area contributed by atoms with Crippen LogP contribution in [0.3, 0.4) is 0 Å². The van der Waals surface area contributed by atoms with Gasteiger partial charge in [-0.05, 0) is 12.1 Å². The van der Waals surface area contributed by atoms with E-state index in [0.29, 0.717) is 0 Å². The third-order valence-corrected chi connectivity index (χ3v) is 1.60. The topological polar surface area (TPSA) is 74.0 Å². The molecule has 1 heterocycles. The Morgan fingerprint density at radius 2 is 2.27 bits per heavy atom. The molecule has 15 heavy (non-hydrogen) atoms. The number of alkyl halides is 2. The minimum Gasteiger partial charge on any atom is -0.481 e. The van der Waals surface area contributed by atoms with Crippen LogP contribution in [0, 0.1) is 11.3 Å². The smallest absolute Gasteiger partial charge is 0.309 e. The van der Waals surface area contributed by atoms with Crippen molar-refractivity contribution < 1.29 is 18.7 Å². The first-order valence-electron chi connectivity index (χ1n) is 3.94. The lowest BCUT2D eigenvalue weighted by molar-refractivity contribution is -0.136. The number of rotatable bonds is 3. The summed E-state index contributed by atoms with van der Waals surface area (Å²) in [5, 5.41) is 16.9. The van der Waals surface area contributed by atoms with Crippen LogP contribution < -0.4 is 0 Å². The third-order valence-electron chi connectivity index (χ3n) is 1.60. The highest BCUT2D eigenvalue weighted by molar-refractivity contribution is 5.69. The molecule has 4 nitrogen and oxygen atoms in total. The number of carbonyl (C=O) groups is 1. The summed E-state index contributed by atoms with van der Waals surface area (Å²) >= 11 is 0. The molecule has 0 spiro atoms. The standard InChI is InChI=1S/C9H6F2N2O2/c10-9(11)5-1-6(3-8(14)15)13-7(2-5)4-12/h1-2,9H,3H2,(H,14,15). The van der Waals surface area contributed by atoms with E-state index in [1.54, 1.807) is 6.07 Å². The molecule has 0 aliphatic carbocycles. The van der Waals surface area contributed by atoms with E-state index in [0.717, 1.165) is 12.1 Å². The number of aromatic nitrogens is 1. The average molecular weight is 212 g/mol. The Labute approximate surface area is 83.8 Å². The highest BCUT2D eigenvalue weighted by atomic mass is 19.3. The molecule has 6 heteroatoms. The SMILES string of the molecule is N#Cc1cc(C(F)F)cc(CC(=O)O)n1. The first-order valence-corrected chi connectivity index (χ1v) is 3.94. The summed E-state index contributed by atoms with van der Waals surface area (Å²) in [6.45, 7) is 0. The van der Waals surface area contributed by atoms with E-state index in [-0.39, 0.29) is 11.4 Å². The van der Waals surface area contributed by atoms with Crippen LogP contribution in [0.4, 0.5) is 8.78 Å². The molecule has 1 aromatic rings. The monoisotopic (exact) mass is 212 g/mol. The summed E-state index contributed by atoms with van der Waals surface area (Å²) in [4.78, 5) is 13.9. The zero-order valence-corrected chi connectivity index (χ0v) is 7.44. The fraction of sp³-hybridized carbons (Fsp3) is 0.222. The van der Waals surface area contributed by atoms with Gasteiger partial charge in [-0.3, -0.25) is 4.79 Å². The highest BCUT2D eigenvalue weighted by Gasteiger charge is 2.12. The molecule has 1 aromatic heterocycles. The maximum Gasteiger partial charge on any atom is 0.309 e. The quantitative estimate of drug-likeness (QED) is 0.824. The predicted octanol–water partition coefficient (Wildman–Crippen LogP) is 1.52. The Morgan fingerprint density at radius 1 is 1.60 bits per heavy atom. The van der Waals surface area contributed by atoms with Crippen molar-refractivity contribution in [2.45, 2.75) is 12.8 Å². The number of pyridine rings is 1.